The van der Waals surface area contributed by atoms with Gasteiger partial charge in [0.15, 0.2) is 0 Å². The third kappa shape index (κ3) is 3.00. The molecular weight excluding hydrogens is 231 g/mol. The summed E-state index contributed by atoms with van der Waals surface area (Å²) in [5.74, 6) is -1.77. The van der Waals surface area contributed by atoms with E-state index in [1.807, 2.05) is 0 Å². The maximum atomic E-state index is 12.3. The fourth-order valence-electron chi connectivity index (χ4n) is 1.60. The molecule has 15 heavy (non-hydrogen) atoms. The second-order valence-electron chi connectivity index (χ2n) is 3.69. The first kappa shape index (κ1) is 12.6. The molecule has 0 saturated carbocycles. The number of nitrogens with zero attached hydrogens (tertiary/aromatic N) is 1. The molecule has 1 heterocycles. The molecule has 0 bridgehead atoms. The van der Waals surface area contributed by atoms with Crippen LogP contribution in [0.25, 0.3) is 0 Å². The standard InChI is InChI=1S/C9H13ClF3NO/c1-2-7(10)8(15)14-4-3-6(5-14)9(11,12)13/h6-7H,2-5H2,1H3/t6-,7-/m1/s1. The molecule has 0 N–H and O–H groups in total. The van der Waals surface area contributed by atoms with Crippen molar-refractivity contribution < 1.29 is 18.0 Å². The van der Waals surface area contributed by atoms with Crippen molar-refractivity contribution in [3.63, 3.8) is 0 Å². The molecule has 0 aromatic heterocycles. The highest BCUT2D eigenvalue weighted by atomic mass is 35.5. The van der Waals surface area contributed by atoms with E-state index in [0.29, 0.717) is 6.42 Å². The van der Waals surface area contributed by atoms with Gasteiger partial charge in [0.1, 0.15) is 5.38 Å². The topological polar surface area (TPSA) is 20.3 Å². The van der Waals surface area contributed by atoms with Crippen LogP contribution in [0, 0.1) is 5.92 Å². The number of carbonyl (C=O) groups excluding carboxylic acids is 1. The number of rotatable bonds is 2. The second kappa shape index (κ2) is 4.60. The highest BCUT2D eigenvalue weighted by molar-refractivity contribution is 6.30. The average Bonchev–Trinajstić information content (AvgIpc) is 2.63. The molecule has 0 aromatic rings. The van der Waals surface area contributed by atoms with E-state index in [0.717, 1.165) is 0 Å². The number of likely N-dealkylation sites (tertiary alicyclic amines) is 1. The number of amides is 1. The Balaban J connectivity index is 2.53. The number of alkyl halides is 4. The minimum Gasteiger partial charge on any atom is -0.341 e. The lowest BCUT2D eigenvalue weighted by molar-refractivity contribution is -0.171. The molecule has 0 aromatic carbocycles. The van der Waals surface area contributed by atoms with Crippen molar-refractivity contribution in [2.75, 3.05) is 13.1 Å². The first-order chi connectivity index (χ1) is 6.86. The van der Waals surface area contributed by atoms with Gasteiger partial charge in [-0.1, -0.05) is 6.92 Å². The highest BCUT2D eigenvalue weighted by Gasteiger charge is 2.45. The summed E-state index contributed by atoms with van der Waals surface area (Å²) in [4.78, 5) is 12.7. The van der Waals surface area contributed by atoms with Gasteiger partial charge in [-0.15, -0.1) is 11.6 Å². The van der Waals surface area contributed by atoms with Crippen molar-refractivity contribution in [3.8, 4) is 0 Å². The van der Waals surface area contributed by atoms with E-state index in [4.69, 9.17) is 11.6 Å². The van der Waals surface area contributed by atoms with Crippen molar-refractivity contribution in [1.29, 1.82) is 0 Å². The van der Waals surface area contributed by atoms with Gasteiger partial charge in [-0.2, -0.15) is 13.2 Å². The van der Waals surface area contributed by atoms with Gasteiger partial charge >= 0.3 is 6.18 Å². The summed E-state index contributed by atoms with van der Waals surface area (Å²) in [5, 5.41) is -0.697. The van der Waals surface area contributed by atoms with Crippen molar-refractivity contribution in [1.82, 2.24) is 4.90 Å². The molecule has 1 amide bonds. The maximum absolute atomic E-state index is 12.3. The highest BCUT2D eigenvalue weighted by Crippen LogP contribution is 2.33. The van der Waals surface area contributed by atoms with Gasteiger partial charge in [0.05, 0.1) is 5.92 Å². The van der Waals surface area contributed by atoms with E-state index >= 15 is 0 Å². The number of carbonyl (C=O) groups is 1. The minimum absolute atomic E-state index is 0.0113. The second-order valence-corrected chi connectivity index (χ2v) is 4.21. The lowest BCUT2D eigenvalue weighted by atomic mass is 10.1. The Morgan fingerprint density at radius 2 is 2.20 bits per heavy atom. The number of halogens is 4. The van der Waals surface area contributed by atoms with E-state index in [-0.39, 0.29) is 25.4 Å². The number of hydrogen-bond donors (Lipinski definition) is 0. The molecule has 2 atom stereocenters. The van der Waals surface area contributed by atoms with Gasteiger partial charge in [-0.25, -0.2) is 0 Å². The predicted molar refractivity (Wildman–Crippen MR) is 50.7 cm³/mol. The zero-order valence-corrected chi connectivity index (χ0v) is 9.11. The van der Waals surface area contributed by atoms with Gasteiger partial charge in [-0.3, -0.25) is 4.79 Å². The molecule has 0 spiro atoms. The Labute approximate surface area is 91.4 Å². The summed E-state index contributed by atoms with van der Waals surface area (Å²) in [6.45, 7) is 1.64. The van der Waals surface area contributed by atoms with E-state index in [9.17, 15) is 18.0 Å². The van der Waals surface area contributed by atoms with Crippen LogP contribution >= 0.6 is 11.6 Å². The van der Waals surface area contributed by atoms with Crippen LogP contribution in [0.4, 0.5) is 13.2 Å². The van der Waals surface area contributed by atoms with Crippen LogP contribution in [-0.4, -0.2) is 35.4 Å². The molecule has 1 saturated heterocycles. The lowest BCUT2D eigenvalue weighted by Gasteiger charge is -2.19. The first-order valence-corrected chi connectivity index (χ1v) is 5.29. The molecule has 6 heteroatoms. The predicted octanol–water partition coefficient (Wildman–Crippen LogP) is 2.41. The van der Waals surface area contributed by atoms with E-state index in [2.05, 4.69) is 0 Å². The third-order valence-electron chi connectivity index (χ3n) is 2.59. The van der Waals surface area contributed by atoms with E-state index in [1.165, 1.54) is 4.90 Å². The molecule has 1 aliphatic rings. The lowest BCUT2D eigenvalue weighted by Crippen LogP contribution is -2.36. The monoisotopic (exact) mass is 243 g/mol. The quantitative estimate of drug-likeness (QED) is 0.682. The summed E-state index contributed by atoms with van der Waals surface area (Å²) >= 11 is 5.69. The molecule has 2 nitrogen and oxygen atoms in total. The summed E-state index contributed by atoms with van der Waals surface area (Å²) in [5.41, 5.74) is 0. The molecule has 1 aliphatic heterocycles. The zero-order chi connectivity index (χ0) is 11.6. The fraction of sp³-hybridized carbons (Fsp3) is 0.889. The van der Waals surface area contributed by atoms with Gasteiger partial charge in [-0.05, 0) is 12.8 Å². The van der Waals surface area contributed by atoms with Crippen molar-refractivity contribution >= 4 is 17.5 Å². The van der Waals surface area contributed by atoms with Crippen LogP contribution in [0.15, 0.2) is 0 Å². The van der Waals surface area contributed by atoms with E-state index in [1.54, 1.807) is 6.92 Å². The molecule has 0 unspecified atom stereocenters. The van der Waals surface area contributed by atoms with Crippen molar-refractivity contribution in [3.05, 3.63) is 0 Å². The van der Waals surface area contributed by atoms with Crippen LogP contribution in [0.2, 0.25) is 0 Å². The Hall–Kier alpha value is -0.450. The van der Waals surface area contributed by atoms with Crippen molar-refractivity contribution in [2.45, 2.75) is 31.3 Å². The van der Waals surface area contributed by atoms with Gasteiger partial charge in [0.25, 0.3) is 0 Å². The summed E-state index contributed by atoms with van der Waals surface area (Å²) in [6.07, 6.45) is -3.78. The molecule has 0 aliphatic carbocycles. The van der Waals surface area contributed by atoms with E-state index < -0.39 is 17.5 Å². The summed E-state index contributed by atoms with van der Waals surface area (Å²) in [7, 11) is 0. The third-order valence-corrected chi connectivity index (χ3v) is 3.08. The maximum Gasteiger partial charge on any atom is 0.393 e. The summed E-state index contributed by atoms with van der Waals surface area (Å²) in [6, 6.07) is 0. The Morgan fingerprint density at radius 3 is 2.60 bits per heavy atom. The molecule has 1 fully saturated rings. The average molecular weight is 244 g/mol. The summed E-state index contributed by atoms with van der Waals surface area (Å²) < 4.78 is 36.9. The van der Waals surface area contributed by atoms with Gasteiger partial charge in [0.2, 0.25) is 5.91 Å². The van der Waals surface area contributed by atoms with Crippen LogP contribution < -0.4 is 0 Å². The Morgan fingerprint density at radius 1 is 1.60 bits per heavy atom. The minimum atomic E-state index is -4.21. The number of hydrogen-bond acceptors (Lipinski definition) is 1. The van der Waals surface area contributed by atoms with Crippen LogP contribution in [0.3, 0.4) is 0 Å². The van der Waals surface area contributed by atoms with Crippen LogP contribution in [0.1, 0.15) is 19.8 Å². The largest absolute Gasteiger partial charge is 0.393 e. The Kier molecular flexibility index (Phi) is 3.87. The van der Waals surface area contributed by atoms with Gasteiger partial charge < -0.3 is 4.90 Å². The van der Waals surface area contributed by atoms with Crippen molar-refractivity contribution in [2.24, 2.45) is 5.92 Å². The molecule has 88 valence electrons. The normalized spacial score (nSPS) is 24.3. The molecule has 1 rings (SSSR count). The molecular formula is C9H13ClF3NO. The Bertz CT molecular complexity index is 244. The first-order valence-electron chi connectivity index (χ1n) is 4.85. The van der Waals surface area contributed by atoms with Crippen LogP contribution in [-0.2, 0) is 4.79 Å². The smallest absolute Gasteiger partial charge is 0.341 e. The van der Waals surface area contributed by atoms with Gasteiger partial charge in [0, 0.05) is 13.1 Å². The fourth-order valence-corrected chi connectivity index (χ4v) is 1.74. The zero-order valence-electron chi connectivity index (χ0n) is 8.35. The SMILES string of the molecule is CC[C@@H](Cl)C(=O)N1CC[C@@H](C(F)(F)F)C1. The van der Waals surface area contributed by atoms with Crippen LogP contribution in [0.5, 0.6) is 0 Å². The molecule has 0 radical (unpaired) electrons.